The van der Waals surface area contributed by atoms with E-state index >= 15 is 0 Å². The van der Waals surface area contributed by atoms with Crippen LogP contribution in [0.3, 0.4) is 0 Å². The Kier molecular flexibility index (Phi) is 7.29. The van der Waals surface area contributed by atoms with E-state index in [1.54, 1.807) is 0 Å². The largest absolute Gasteiger partial charge is 0.346 e. The number of hydrogen-bond acceptors (Lipinski definition) is 1. The SMILES string of the molecule is CCCN([Si](C)(C)C)[Si](C)(C)C.[Li]. The maximum atomic E-state index is 2.83. The second-order valence-electron chi connectivity index (χ2n) is 5.49. The molecule has 0 amide bonds. The second kappa shape index (κ2) is 5.77. The van der Waals surface area contributed by atoms with Crippen molar-refractivity contribution in [3.63, 3.8) is 0 Å². The van der Waals surface area contributed by atoms with Crippen LogP contribution in [-0.4, -0.2) is 46.1 Å². The summed E-state index contributed by atoms with van der Waals surface area (Å²) in [6.45, 7) is 18.4. The van der Waals surface area contributed by atoms with Gasteiger partial charge in [0.15, 0.2) is 0 Å². The minimum atomic E-state index is -1.05. The molecule has 0 saturated carbocycles. The van der Waals surface area contributed by atoms with Gasteiger partial charge in [-0.2, -0.15) is 0 Å². The summed E-state index contributed by atoms with van der Waals surface area (Å²) >= 11 is 0. The molecule has 1 nitrogen and oxygen atoms in total. The van der Waals surface area contributed by atoms with Crippen molar-refractivity contribution in [2.45, 2.75) is 52.6 Å². The van der Waals surface area contributed by atoms with Crippen LogP contribution < -0.4 is 0 Å². The Morgan fingerprint density at radius 1 is 0.846 bits per heavy atom. The summed E-state index contributed by atoms with van der Waals surface area (Å²) in [5, 5.41) is 0. The molecule has 0 unspecified atom stereocenters. The van der Waals surface area contributed by atoms with Crippen molar-refractivity contribution in [1.29, 1.82) is 0 Å². The molecular weight excluding hydrogens is 185 g/mol. The van der Waals surface area contributed by atoms with Gasteiger partial charge in [-0.3, -0.25) is 0 Å². The zero-order chi connectivity index (χ0) is 9.99. The van der Waals surface area contributed by atoms with Crippen molar-refractivity contribution in [1.82, 2.24) is 4.23 Å². The van der Waals surface area contributed by atoms with Crippen LogP contribution in [0.2, 0.25) is 39.3 Å². The van der Waals surface area contributed by atoms with Crippen molar-refractivity contribution in [2.75, 3.05) is 6.54 Å². The average molecular weight is 210 g/mol. The fraction of sp³-hybridized carbons (Fsp3) is 1.00. The summed E-state index contributed by atoms with van der Waals surface area (Å²) in [5.41, 5.74) is 0. The number of nitrogens with zero attached hydrogens (tertiary/aromatic N) is 1. The van der Waals surface area contributed by atoms with E-state index in [0.29, 0.717) is 0 Å². The predicted molar refractivity (Wildman–Crippen MR) is 69.4 cm³/mol. The van der Waals surface area contributed by atoms with E-state index in [0.717, 1.165) is 0 Å². The fourth-order valence-corrected chi connectivity index (χ4v) is 11.7. The van der Waals surface area contributed by atoms with E-state index in [1.807, 2.05) is 0 Å². The van der Waals surface area contributed by atoms with Gasteiger partial charge >= 0.3 is 0 Å². The molecule has 0 spiro atoms. The summed E-state index contributed by atoms with van der Waals surface area (Å²) < 4.78 is 2.83. The third-order valence-electron chi connectivity index (χ3n) is 2.07. The molecule has 13 heavy (non-hydrogen) atoms. The molecule has 0 bridgehead atoms. The van der Waals surface area contributed by atoms with Crippen LogP contribution in [0.15, 0.2) is 0 Å². The molecule has 0 heterocycles. The van der Waals surface area contributed by atoms with Crippen molar-refractivity contribution in [3.8, 4) is 0 Å². The third kappa shape index (κ3) is 6.14. The second-order valence-corrected chi connectivity index (χ2v) is 15.7. The first-order valence-electron chi connectivity index (χ1n) is 4.97. The van der Waals surface area contributed by atoms with Gasteiger partial charge < -0.3 is 4.23 Å². The Morgan fingerprint density at radius 3 is 1.23 bits per heavy atom. The Labute approximate surface area is 98.6 Å². The normalized spacial score (nSPS) is 12.9. The molecule has 4 heteroatoms. The predicted octanol–water partition coefficient (Wildman–Crippen LogP) is 2.99. The zero-order valence-corrected chi connectivity index (χ0v) is 12.9. The van der Waals surface area contributed by atoms with E-state index in [4.69, 9.17) is 0 Å². The molecule has 0 aromatic rings. The smallest absolute Gasteiger partial charge is 0.112 e. The molecule has 75 valence electrons. The van der Waals surface area contributed by atoms with Crippen molar-refractivity contribution >= 4 is 35.3 Å². The maximum Gasteiger partial charge on any atom is 0.112 e. The van der Waals surface area contributed by atoms with Gasteiger partial charge in [0.05, 0.1) is 0 Å². The van der Waals surface area contributed by atoms with Gasteiger partial charge in [-0.05, 0) is 13.0 Å². The summed E-state index contributed by atoms with van der Waals surface area (Å²) in [4.78, 5) is 0. The minimum absolute atomic E-state index is 0. The van der Waals surface area contributed by atoms with Gasteiger partial charge in [0.2, 0.25) is 0 Å². The van der Waals surface area contributed by atoms with E-state index in [2.05, 4.69) is 50.4 Å². The molecule has 0 aromatic carbocycles. The van der Waals surface area contributed by atoms with E-state index in [9.17, 15) is 0 Å². The van der Waals surface area contributed by atoms with Crippen molar-refractivity contribution in [2.24, 2.45) is 0 Å². The quantitative estimate of drug-likeness (QED) is 0.645. The van der Waals surface area contributed by atoms with Gasteiger partial charge in [0.1, 0.15) is 16.5 Å². The van der Waals surface area contributed by atoms with E-state index in [1.165, 1.54) is 13.0 Å². The van der Waals surface area contributed by atoms with E-state index < -0.39 is 16.5 Å². The van der Waals surface area contributed by atoms with Crippen LogP contribution >= 0.6 is 0 Å². The summed E-state index contributed by atoms with van der Waals surface area (Å²) in [7, 11) is -2.10. The van der Waals surface area contributed by atoms with Crippen LogP contribution in [0.25, 0.3) is 0 Å². The van der Waals surface area contributed by atoms with E-state index in [-0.39, 0.29) is 18.9 Å². The maximum absolute atomic E-state index is 2.83. The standard InChI is InChI=1S/C9H25NSi2.Li/c1-8-9-10(11(2,3)4)12(5,6)7;/h8-9H2,1-7H3;. The fourth-order valence-electron chi connectivity index (χ4n) is 1.90. The summed E-state index contributed by atoms with van der Waals surface area (Å²) in [5.74, 6) is 0. The Bertz CT molecular complexity index is 124. The molecule has 0 aromatic heterocycles. The van der Waals surface area contributed by atoms with Crippen molar-refractivity contribution in [3.05, 3.63) is 0 Å². The molecule has 0 aliphatic carbocycles. The average Bonchev–Trinajstić information content (AvgIpc) is 1.77. The van der Waals surface area contributed by atoms with Gasteiger partial charge in [-0.1, -0.05) is 46.2 Å². The topological polar surface area (TPSA) is 3.24 Å². The summed E-state index contributed by atoms with van der Waals surface area (Å²) in [6.07, 6.45) is 1.30. The van der Waals surface area contributed by atoms with Gasteiger partial charge in [0.25, 0.3) is 0 Å². The van der Waals surface area contributed by atoms with Crippen LogP contribution in [-0.2, 0) is 0 Å². The molecule has 0 fully saturated rings. The number of hydrogen-bond donors (Lipinski definition) is 0. The molecule has 0 atom stereocenters. The van der Waals surface area contributed by atoms with Crippen LogP contribution in [0, 0.1) is 0 Å². The Hall–Kier alpha value is 0.991. The first kappa shape index (κ1) is 16.4. The van der Waals surface area contributed by atoms with Crippen molar-refractivity contribution < 1.29 is 0 Å². The third-order valence-corrected chi connectivity index (χ3v) is 9.78. The van der Waals surface area contributed by atoms with Crippen LogP contribution in [0.4, 0.5) is 0 Å². The molecule has 0 N–H and O–H groups in total. The molecule has 0 aliphatic heterocycles. The minimum Gasteiger partial charge on any atom is -0.346 e. The summed E-state index contributed by atoms with van der Waals surface area (Å²) in [6, 6.07) is 0. The van der Waals surface area contributed by atoms with Gasteiger partial charge in [0, 0.05) is 18.9 Å². The number of rotatable bonds is 4. The Morgan fingerprint density at radius 2 is 1.15 bits per heavy atom. The molecule has 0 rings (SSSR count). The monoisotopic (exact) mass is 210 g/mol. The van der Waals surface area contributed by atoms with Crippen LogP contribution in [0.5, 0.6) is 0 Å². The first-order chi connectivity index (χ1) is 5.19. The molecule has 0 saturated heterocycles. The molecular formula is C9H25LiNSi2. The van der Waals surface area contributed by atoms with Crippen LogP contribution in [0.1, 0.15) is 13.3 Å². The molecule has 0 aliphatic rings. The Balaban J connectivity index is 0. The van der Waals surface area contributed by atoms with Gasteiger partial charge in [-0.25, -0.2) is 0 Å². The first-order valence-corrected chi connectivity index (χ1v) is 11.9. The zero-order valence-electron chi connectivity index (χ0n) is 10.9. The molecule has 1 radical (unpaired) electrons. The van der Waals surface area contributed by atoms with Gasteiger partial charge in [-0.15, -0.1) is 0 Å².